The Morgan fingerprint density at radius 2 is 2.33 bits per heavy atom. The zero-order valence-corrected chi connectivity index (χ0v) is 10.2. The number of aromatic carboxylic acids is 1. The number of nitrogens with zero attached hydrogens (tertiary/aromatic N) is 4. The first-order chi connectivity index (χ1) is 8.58. The second-order valence-corrected chi connectivity index (χ2v) is 4.24. The average molecular weight is 246 g/mol. The third-order valence-corrected chi connectivity index (χ3v) is 2.87. The van der Waals surface area contributed by atoms with Crippen LogP contribution in [0.15, 0.2) is 24.7 Å². The van der Waals surface area contributed by atoms with Gasteiger partial charge in [-0.25, -0.2) is 9.78 Å². The maximum absolute atomic E-state index is 10.9. The predicted octanol–water partition coefficient (Wildman–Crippen LogP) is 1.25. The van der Waals surface area contributed by atoms with Crippen LogP contribution in [0, 0.1) is 0 Å². The summed E-state index contributed by atoms with van der Waals surface area (Å²) in [7, 11) is 1.89. The van der Waals surface area contributed by atoms with E-state index in [9.17, 15) is 4.79 Å². The first-order valence-corrected chi connectivity index (χ1v) is 5.60. The van der Waals surface area contributed by atoms with Crippen molar-refractivity contribution in [3.8, 4) is 0 Å². The summed E-state index contributed by atoms with van der Waals surface area (Å²) in [5, 5.41) is 16.7. The van der Waals surface area contributed by atoms with Crippen molar-refractivity contribution in [1.29, 1.82) is 0 Å². The number of hydrogen-bond acceptors (Lipinski definition) is 4. The molecular weight excluding hydrogens is 232 g/mol. The van der Waals surface area contributed by atoms with E-state index in [0.717, 1.165) is 11.4 Å². The molecule has 6 heteroatoms. The fourth-order valence-electron chi connectivity index (χ4n) is 1.75. The molecule has 0 spiro atoms. The quantitative estimate of drug-likeness (QED) is 0.878. The average Bonchev–Trinajstić information content (AvgIpc) is 2.75. The Kier molecular flexibility index (Phi) is 3.36. The molecule has 0 aliphatic carbocycles. The molecule has 2 heterocycles. The Hall–Kier alpha value is -2.24. The molecular formula is C12H14N4O2. The van der Waals surface area contributed by atoms with Crippen molar-refractivity contribution in [2.45, 2.75) is 19.3 Å². The number of aryl methyl sites for hydroxylation is 1. The highest BCUT2D eigenvalue weighted by atomic mass is 16.4. The highest BCUT2D eigenvalue weighted by molar-refractivity contribution is 5.85. The predicted molar refractivity (Wildman–Crippen MR) is 64.3 cm³/mol. The van der Waals surface area contributed by atoms with Crippen LogP contribution in [0.25, 0.3) is 0 Å². The van der Waals surface area contributed by atoms with Gasteiger partial charge in [0.25, 0.3) is 0 Å². The van der Waals surface area contributed by atoms with Gasteiger partial charge in [0.05, 0.1) is 0 Å². The minimum atomic E-state index is -1.01. The SMILES string of the molecule is CC(Cc1nncn1C)c1ccnc(C(=O)O)c1. The molecule has 0 aliphatic heterocycles. The first-order valence-electron chi connectivity index (χ1n) is 5.60. The van der Waals surface area contributed by atoms with Crippen LogP contribution in [0.3, 0.4) is 0 Å². The smallest absolute Gasteiger partial charge is 0.354 e. The molecule has 0 saturated carbocycles. The molecule has 94 valence electrons. The fraction of sp³-hybridized carbons (Fsp3) is 0.333. The van der Waals surface area contributed by atoms with E-state index in [1.165, 1.54) is 6.20 Å². The van der Waals surface area contributed by atoms with Gasteiger partial charge in [0.1, 0.15) is 17.8 Å². The second-order valence-electron chi connectivity index (χ2n) is 4.24. The minimum Gasteiger partial charge on any atom is -0.477 e. The van der Waals surface area contributed by atoms with Crippen LogP contribution in [0.2, 0.25) is 0 Å². The molecule has 0 bridgehead atoms. The summed E-state index contributed by atoms with van der Waals surface area (Å²) >= 11 is 0. The van der Waals surface area contributed by atoms with Crippen LogP contribution >= 0.6 is 0 Å². The van der Waals surface area contributed by atoms with Crippen molar-refractivity contribution in [1.82, 2.24) is 19.7 Å². The standard InChI is InChI=1S/C12H14N4O2/c1-8(5-11-15-14-7-16(11)2)9-3-4-13-10(6-9)12(17)18/h3-4,6-8H,5H2,1-2H3,(H,17,18). The molecule has 0 aliphatic rings. The Morgan fingerprint density at radius 3 is 2.94 bits per heavy atom. The van der Waals surface area contributed by atoms with E-state index < -0.39 is 5.97 Å². The molecule has 2 aromatic rings. The lowest BCUT2D eigenvalue weighted by atomic mass is 9.98. The van der Waals surface area contributed by atoms with Crippen molar-refractivity contribution >= 4 is 5.97 Å². The molecule has 0 saturated heterocycles. The zero-order chi connectivity index (χ0) is 13.1. The van der Waals surface area contributed by atoms with E-state index in [2.05, 4.69) is 15.2 Å². The summed E-state index contributed by atoms with van der Waals surface area (Å²) in [6, 6.07) is 3.43. The number of carbonyl (C=O) groups is 1. The van der Waals surface area contributed by atoms with Crippen LogP contribution in [0.4, 0.5) is 0 Å². The minimum absolute atomic E-state index is 0.0670. The van der Waals surface area contributed by atoms with Gasteiger partial charge in [-0.1, -0.05) is 6.92 Å². The molecule has 1 atom stereocenters. The van der Waals surface area contributed by atoms with Crippen LogP contribution in [-0.4, -0.2) is 30.8 Å². The van der Waals surface area contributed by atoms with E-state index in [1.54, 1.807) is 12.4 Å². The van der Waals surface area contributed by atoms with E-state index in [4.69, 9.17) is 5.11 Å². The van der Waals surface area contributed by atoms with Gasteiger partial charge in [0, 0.05) is 19.7 Å². The number of carboxylic acids is 1. The third-order valence-electron chi connectivity index (χ3n) is 2.87. The van der Waals surface area contributed by atoms with Gasteiger partial charge in [0.15, 0.2) is 0 Å². The van der Waals surface area contributed by atoms with E-state index in [-0.39, 0.29) is 11.6 Å². The number of aromatic nitrogens is 4. The lowest BCUT2D eigenvalue weighted by Crippen LogP contribution is -2.07. The van der Waals surface area contributed by atoms with Crippen LogP contribution in [-0.2, 0) is 13.5 Å². The normalized spacial score (nSPS) is 12.3. The molecule has 0 radical (unpaired) electrons. The number of hydrogen-bond donors (Lipinski definition) is 1. The number of rotatable bonds is 4. The van der Waals surface area contributed by atoms with Gasteiger partial charge >= 0.3 is 5.97 Å². The highest BCUT2D eigenvalue weighted by Crippen LogP contribution is 2.19. The third kappa shape index (κ3) is 2.53. The maximum Gasteiger partial charge on any atom is 0.354 e. The van der Waals surface area contributed by atoms with Gasteiger partial charge in [-0.15, -0.1) is 10.2 Å². The molecule has 2 rings (SSSR count). The lowest BCUT2D eigenvalue weighted by Gasteiger charge is -2.11. The number of carboxylic acid groups (broad SMARTS) is 1. The van der Waals surface area contributed by atoms with Gasteiger partial charge in [-0.3, -0.25) is 0 Å². The first kappa shape index (κ1) is 12.2. The molecule has 18 heavy (non-hydrogen) atoms. The Labute approximate surface area is 104 Å². The van der Waals surface area contributed by atoms with E-state index in [1.807, 2.05) is 24.6 Å². The summed E-state index contributed by atoms with van der Waals surface area (Å²) in [6.45, 7) is 2.02. The summed E-state index contributed by atoms with van der Waals surface area (Å²) in [5.41, 5.74) is 1.00. The highest BCUT2D eigenvalue weighted by Gasteiger charge is 2.13. The largest absolute Gasteiger partial charge is 0.477 e. The maximum atomic E-state index is 10.9. The van der Waals surface area contributed by atoms with Crippen LogP contribution < -0.4 is 0 Å². The van der Waals surface area contributed by atoms with Gasteiger partial charge < -0.3 is 9.67 Å². The molecule has 1 N–H and O–H groups in total. The number of pyridine rings is 1. The van der Waals surface area contributed by atoms with Gasteiger partial charge in [0.2, 0.25) is 0 Å². The Balaban J connectivity index is 2.18. The summed E-state index contributed by atoms with van der Waals surface area (Å²) in [6.07, 6.45) is 3.88. The summed E-state index contributed by atoms with van der Waals surface area (Å²) < 4.78 is 1.86. The topological polar surface area (TPSA) is 80.9 Å². The van der Waals surface area contributed by atoms with Crippen molar-refractivity contribution in [3.05, 3.63) is 41.7 Å². The Morgan fingerprint density at radius 1 is 1.56 bits per heavy atom. The van der Waals surface area contributed by atoms with Crippen molar-refractivity contribution in [2.75, 3.05) is 0 Å². The lowest BCUT2D eigenvalue weighted by molar-refractivity contribution is 0.0690. The monoisotopic (exact) mass is 246 g/mol. The zero-order valence-electron chi connectivity index (χ0n) is 10.2. The molecule has 6 nitrogen and oxygen atoms in total. The van der Waals surface area contributed by atoms with Crippen molar-refractivity contribution in [3.63, 3.8) is 0 Å². The molecule has 0 fully saturated rings. The van der Waals surface area contributed by atoms with Crippen molar-refractivity contribution < 1.29 is 9.90 Å². The molecule has 1 unspecified atom stereocenters. The van der Waals surface area contributed by atoms with E-state index in [0.29, 0.717) is 6.42 Å². The van der Waals surface area contributed by atoms with Gasteiger partial charge in [-0.05, 0) is 23.6 Å². The summed E-state index contributed by atoms with van der Waals surface area (Å²) in [5.74, 6) is 0.0212. The molecule has 0 amide bonds. The Bertz CT molecular complexity index is 565. The molecule has 0 aromatic carbocycles. The van der Waals surface area contributed by atoms with Gasteiger partial charge in [-0.2, -0.15) is 0 Å². The fourth-order valence-corrected chi connectivity index (χ4v) is 1.75. The van der Waals surface area contributed by atoms with Crippen molar-refractivity contribution in [2.24, 2.45) is 7.05 Å². The van der Waals surface area contributed by atoms with Crippen LogP contribution in [0.1, 0.15) is 34.7 Å². The second kappa shape index (κ2) is 4.95. The van der Waals surface area contributed by atoms with E-state index >= 15 is 0 Å². The summed E-state index contributed by atoms with van der Waals surface area (Å²) in [4.78, 5) is 14.7. The van der Waals surface area contributed by atoms with Crippen LogP contribution in [0.5, 0.6) is 0 Å². The molecule has 2 aromatic heterocycles.